The van der Waals surface area contributed by atoms with Crippen LogP contribution in [0, 0.1) is 0 Å². The summed E-state index contributed by atoms with van der Waals surface area (Å²) in [5.74, 6) is -0.711. The highest BCUT2D eigenvalue weighted by molar-refractivity contribution is 6.05. The molecule has 3 rings (SSSR count). The molecule has 3 N–H and O–H groups in total. The minimum Gasteiger partial charge on any atom is -0.399 e. The van der Waals surface area contributed by atoms with Gasteiger partial charge in [0.15, 0.2) is 0 Å². The van der Waals surface area contributed by atoms with Gasteiger partial charge in [0.05, 0.1) is 25.0 Å². The molecule has 2 atom stereocenters. The van der Waals surface area contributed by atoms with E-state index in [-0.39, 0.29) is 25.4 Å². The molecule has 0 aromatic heterocycles. The second-order valence-corrected chi connectivity index (χ2v) is 7.02. The zero-order chi connectivity index (χ0) is 21.5. The van der Waals surface area contributed by atoms with E-state index in [0.717, 1.165) is 11.1 Å². The number of nitrogens with zero attached hydrogens (tertiary/aromatic N) is 2. The number of oxime groups is 1. The van der Waals surface area contributed by atoms with Crippen LogP contribution in [-0.2, 0) is 9.63 Å². The molecule has 0 spiro atoms. The van der Waals surface area contributed by atoms with Gasteiger partial charge in [-0.1, -0.05) is 47.6 Å². The maximum atomic E-state index is 13.1. The van der Waals surface area contributed by atoms with E-state index in [1.807, 2.05) is 42.5 Å². The summed E-state index contributed by atoms with van der Waals surface area (Å²) in [5, 5.41) is 24.9. The van der Waals surface area contributed by atoms with Crippen molar-refractivity contribution < 1.29 is 24.6 Å². The Balaban J connectivity index is 1.77. The number of amides is 2. The normalized spacial score (nSPS) is 18.3. The van der Waals surface area contributed by atoms with Gasteiger partial charge in [0.25, 0.3) is 5.91 Å². The molecule has 8 nitrogen and oxygen atoms in total. The van der Waals surface area contributed by atoms with Gasteiger partial charge in [0.1, 0.15) is 13.2 Å². The molecule has 0 aliphatic carbocycles. The number of carbonyl (C=O) groups excluding carboxylic acids is 2. The zero-order valence-corrected chi connectivity index (χ0v) is 16.7. The first-order chi connectivity index (χ1) is 14.5. The second-order valence-electron chi connectivity index (χ2n) is 7.02. The highest BCUT2D eigenvalue weighted by atomic mass is 16.6. The summed E-state index contributed by atoms with van der Waals surface area (Å²) in [6.45, 7) is -0.387. The van der Waals surface area contributed by atoms with Crippen LogP contribution in [0.1, 0.15) is 16.8 Å². The summed E-state index contributed by atoms with van der Waals surface area (Å²) in [4.78, 5) is 32.0. The third-order valence-electron chi connectivity index (χ3n) is 4.90. The van der Waals surface area contributed by atoms with E-state index in [1.165, 1.54) is 12.0 Å². The average molecular weight is 411 g/mol. The van der Waals surface area contributed by atoms with Crippen molar-refractivity contribution in [3.8, 4) is 11.1 Å². The van der Waals surface area contributed by atoms with Gasteiger partial charge < -0.3 is 25.3 Å². The lowest BCUT2D eigenvalue weighted by molar-refractivity contribution is -0.125. The first-order valence-electron chi connectivity index (χ1n) is 9.65. The fraction of sp³-hybridized carbons (Fsp3) is 0.318. The van der Waals surface area contributed by atoms with Crippen molar-refractivity contribution in [2.75, 3.05) is 26.8 Å². The van der Waals surface area contributed by atoms with Crippen LogP contribution in [0.3, 0.4) is 0 Å². The summed E-state index contributed by atoms with van der Waals surface area (Å²) in [7, 11) is 1.41. The lowest BCUT2D eigenvalue weighted by Gasteiger charge is -2.24. The van der Waals surface area contributed by atoms with E-state index in [1.54, 1.807) is 12.1 Å². The smallest absolute Gasteiger partial charge is 0.254 e. The van der Waals surface area contributed by atoms with Crippen molar-refractivity contribution in [3.05, 3.63) is 60.2 Å². The Morgan fingerprint density at radius 2 is 1.83 bits per heavy atom. The molecule has 1 heterocycles. The van der Waals surface area contributed by atoms with Crippen molar-refractivity contribution in [2.24, 2.45) is 5.16 Å². The fourth-order valence-electron chi connectivity index (χ4n) is 3.35. The van der Waals surface area contributed by atoms with E-state index in [0.29, 0.717) is 11.3 Å². The number of hydrogen-bond donors (Lipinski definition) is 3. The third-order valence-corrected chi connectivity index (χ3v) is 4.90. The van der Waals surface area contributed by atoms with Crippen molar-refractivity contribution in [1.29, 1.82) is 0 Å². The Labute approximate surface area is 174 Å². The quantitative estimate of drug-likeness (QED) is 0.590. The Morgan fingerprint density at radius 1 is 1.17 bits per heavy atom. The van der Waals surface area contributed by atoms with Gasteiger partial charge in [-0.05, 0) is 23.3 Å². The standard InChI is InChI=1S/C22H25N3O5/c1-30-24-18-11-20(21(28)23-12-19(27)14-26)25(13-18)22(29)17-9-7-16(8-10-17)15-5-3-2-4-6-15/h2-10,19-20,26-27H,11-14H2,1H3,(H,23,28)/t19-,20+/m1/s1. The summed E-state index contributed by atoms with van der Waals surface area (Å²) < 4.78 is 0. The summed E-state index contributed by atoms with van der Waals surface area (Å²) in [6, 6.07) is 16.3. The molecule has 0 saturated carbocycles. The lowest BCUT2D eigenvalue weighted by atomic mass is 10.0. The van der Waals surface area contributed by atoms with Crippen molar-refractivity contribution in [1.82, 2.24) is 10.2 Å². The molecule has 8 heteroatoms. The molecule has 2 aromatic rings. The number of aliphatic hydroxyl groups excluding tert-OH is 2. The van der Waals surface area contributed by atoms with Gasteiger partial charge in [-0.3, -0.25) is 9.59 Å². The molecule has 0 bridgehead atoms. The van der Waals surface area contributed by atoms with Crippen LogP contribution in [0.25, 0.3) is 11.1 Å². The molecule has 30 heavy (non-hydrogen) atoms. The summed E-state index contributed by atoms with van der Waals surface area (Å²) in [6.07, 6.45) is -0.819. The minimum absolute atomic E-state index is 0.101. The predicted octanol–water partition coefficient (Wildman–Crippen LogP) is 1.04. The molecule has 2 amide bonds. The first-order valence-corrected chi connectivity index (χ1v) is 9.65. The lowest BCUT2D eigenvalue weighted by Crippen LogP contribution is -2.47. The van der Waals surface area contributed by atoms with Gasteiger partial charge >= 0.3 is 0 Å². The van der Waals surface area contributed by atoms with E-state index in [4.69, 9.17) is 9.94 Å². The molecule has 1 fully saturated rings. The first kappa shape index (κ1) is 21.5. The number of aliphatic hydroxyl groups is 2. The molecule has 2 aromatic carbocycles. The zero-order valence-electron chi connectivity index (χ0n) is 16.7. The molecule has 158 valence electrons. The molecule has 1 aliphatic rings. The van der Waals surface area contributed by atoms with Gasteiger partial charge in [-0.2, -0.15) is 0 Å². The molecular formula is C22H25N3O5. The second kappa shape index (κ2) is 10.00. The number of rotatable bonds is 7. The van der Waals surface area contributed by atoms with Crippen LogP contribution < -0.4 is 5.32 Å². The number of hydrogen-bond acceptors (Lipinski definition) is 6. The Kier molecular flexibility index (Phi) is 7.16. The van der Waals surface area contributed by atoms with E-state index < -0.39 is 24.7 Å². The fourth-order valence-corrected chi connectivity index (χ4v) is 3.35. The monoisotopic (exact) mass is 411 g/mol. The van der Waals surface area contributed by atoms with Crippen LogP contribution in [0.4, 0.5) is 0 Å². The Hall–Kier alpha value is -3.23. The van der Waals surface area contributed by atoms with Crippen LogP contribution in [0.2, 0.25) is 0 Å². The van der Waals surface area contributed by atoms with Crippen molar-refractivity contribution in [3.63, 3.8) is 0 Å². The molecule has 0 unspecified atom stereocenters. The van der Waals surface area contributed by atoms with Crippen LogP contribution in [0.15, 0.2) is 59.8 Å². The van der Waals surface area contributed by atoms with Crippen molar-refractivity contribution >= 4 is 17.5 Å². The van der Waals surface area contributed by atoms with E-state index >= 15 is 0 Å². The summed E-state index contributed by atoms with van der Waals surface area (Å²) >= 11 is 0. The SMILES string of the molecule is CON=C1C[C@@H](C(=O)NC[C@@H](O)CO)N(C(=O)c2ccc(-c3ccccc3)cc2)C1. The third kappa shape index (κ3) is 5.03. The van der Waals surface area contributed by atoms with Gasteiger partial charge in [0, 0.05) is 18.5 Å². The highest BCUT2D eigenvalue weighted by Gasteiger charge is 2.38. The topological polar surface area (TPSA) is 111 Å². The van der Waals surface area contributed by atoms with E-state index in [9.17, 15) is 14.7 Å². The maximum Gasteiger partial charge on any atom is 0.254 e. The van der Waals surface area contributed by atoms with Gasteiger partial charge in [0.2, 0.25) is 5.91 Å². The van der Waals surface area contributed by atoms with Gasteiger partial charge in [-0.25, -0.2) is 0 Å². The maximum absolute atomic E-state index is 13.1. The molecular weight excluding hydrogens is 386 g/mol. The average Bonchev–Trinajstić information content (AvgIpc) is 3.21. The predicted molar refractivity (Wildman–Crippen MR) is 112 cm³/mol. The minimum atomic E-state index is -1.06. The Morgan fingerprint density at radius 3 is 2.47 bits per heavy atom. The van der Waals surface area contributed by atoms with Crippen LogP contribution >= 0.6 is 0 Å². The molecule has 1 aliphatic heterocycles. The number of likely N-dealkylation sites (tertiary alicyclic amines) is 1. The van der Waals surface area contributed by atoms with E-state index in [2.05, 4.69) is 10.5 Å². The largest absolute Gasteiger partial charge is 0.399 e. The molecule has 1 saturated heterocycles. The highest BCUT2D eigenvalue weighted by Crippen LogP contribution is 2.23. The van der Waals surface area contributed by atoms with Crippen LogP contribution in [-0.4, -0.2) is 71.6 Å². The van der Waals surface area contributed by atoms with Gasteiger partial charge in [-0.15, -0.1) is 0 Å². The van der Waals surface area contributed by atoms with Crippen molar-refractivity contribution in [2.45, 2.75) is 18.6 Å². The number of nitrogens with one attached hydrogen (secondary N) is 1. The number of benzene rings is 2. The summed E-state index contributed by atoms with van der Waals surface area (Å²) in [5.41, 5.74) is 3.07. The van der Waals surface area contributed by atoms with Crippen LogP contribution in [0.5, 0.6) is 0 Å². The molecule has 0 radical (unpaired) electrons. The number of carbonyl (C=O) groups is 2. The Bertz CT molecular complexity index is 899.